The number of fused-ring (bicyclic) bond motifs is 4. The quantitative estimate of drug-likeness (QED) is 0.609. The molecule has 6 rings (SSSR count). The van der Waals surface area contributed by atoms with Gasteiger partial charge < -0.3 is 10.1 Å². The first-order valence-corrected chi connectivity index (χ1v) is 10.3. The Labute approximate surface area is 176 Å². The smallest absolute Gasteiger partial charge is 0.311 e. The van der Waals surface area contributed by atoms with Crippen LogP contribution in [0.5, 0.6) is 0 Å². The van der Waals surface area contributed by atoms with E-state index in [1.54, 1.807) is 0 Å². The monoisotopic (exact) mass is 430 g/mol. The van der Waals surface area contributed by atoms with Gasteiger partial charge in [0.15, 0.2) is 11.5 Å². The van der Waals surface area contributed by atoms with Crippen LogP contribution in [0.25, 0.3) is 22.6 Å². The molecule has 0 amide bonds. The molecule has 8 nitrogen and oxygen atoms in total. The molecular formula is C20H20ClFN6O2. The number of methoxy groups -OCH3 is 1. The highest BCUT2D eigenvalue weighted by molar-refractivity contribution is 6.32. The number of carbonyl (C=O) groups excluding carboxylic acids is 1. The van der Waals surface area contributed by atoms with Crippen molar-refractivity contribution in [3.63, 3.8) is 0 Å². The van der Waals surface area contributed by atoms with E-state index >= 15 is 0 Å². The molecule has 0 radical (unpaired) electrons. The molecule has 3 heterocycles. The first kappa shape index (κ1) is 19.2. The van der Waals surface area contributed by atoms with Crippen molar-refractivity contribution in [2.24, 2.45) is 17.8 Å². The molecule has 0 aliphatic heterocycles. The second-order valence-corrected chi connectivity index (χ2v) is 8.31. The molecule has 0 saturated heterocycles. The van der Waals surface area contributed by atoms with Crippen LogP contribution < -0.4 is 5.32 Å². The standard InChI is InChI=1S/C20H20ClFN6O2/c1-30-20(29)14-9-2-4-10(5-3-9)15(14)25-18-13(21)8-24-19(26-18)16-12-6-11(22)7-23-17(12)28-27-16/h6-10,14-15H,2-5H2,1H3,(H,23,27,28)(H,24,25,26)/t9?,10?,14-,15-/m1/s1. The highest BCUT2D eigenvalue weighted by Crippen LogP contribution is 2.47. The number of rotatable bonds is 4. The van der Waals surface area contributed by atoms with Gasteiger partial charge in [-0.1, -0.05) is 11.6 Å². The number of nitrogens with zero attached hydrogens (tertiary/aromatic N) is 4. The summed E-state index contributed by atoms with van der Waals surface area (Å²) in [5.74, 6) is 0.478. The van der Waals surface area contributed by atoms with Gasteiger partial charge in [0.05, 0.1) is 30.8 Å². The van der Waals surface area contributed by atoms with Crippen LogP contribution in [0.15, 0.2) is 18.5 Å². The Morgan fingerprint density at radius 1 is 1.23 bits per heavy atom. The van der Waals surface area contributed by atoms with E-state index < -0.39 is 5.82 Å². The highest BCUT2D eigenvalue weighted by atomic mass is 35.5. The zero-order chi connectivity index (χ0) is 20.8. The van der Waals surface area contributed by atoms with Gasteiger partial charge >= 0.3 is 5.97 Å². The average molecular weight is 431 g/mol. The van der Waals surface area contributed by atoms with Crippen LogP contribution in [0.1, 0.15) is 25.7 Å². The molecule has 156 valence electrons. The third-order valence-electron chi connectivity index (χ3n) is 6.34. The maximum atomic E-state index is 13.7. The van der Waals surface area contributed by atoms with Crippen molar-refractivity contribution >= 4 is 34.4 Å². The Kier molecular flexibility index (Phi) is 4.77. The number of hydrogen-bond donors (Lipinski definition) is 2. The summed E-state index contributed by atoms with van der Waals surface area (Å²) in [6.45, 7) is 0. The summed E-state index contributed by atoms with van der Waals surface area (Å²) in [5, 5.41) is 11.1. The van der Waals surface area contributed by atoms with E-state index in [1.807, 2.05) is 0 Å². The summed E-state index contributed by atoms with van der Waals surface area (Å²) >= 11 is 6.38. The number of aromatic nitrogens is 5. The fraction of sp³-hybridized carbons (Fsp3) is 0.450. The number of halogens is 2. The molecule has 3 aromatic rings. The maximum Gasteiger partial charge on any atom is 0.311 e. The Balaban J connectivity index is 1.50. The van der Waals surface area contributed by atoms with Crippen LogP contribution >= 0.6 is 11.6 Å². The van der Waals surface area contributed by atoms with Crippen LogP contribution in [-0.2, 0) is 9.53 Å². The number of H-pyrrole nitrogens is 1. The molecular weight excluding hydrogens is 411 g/mol. The summed E-state index contributed by atoms with van der Waals surface area (Å²) in [6, 6.07) is 1.22. The molecule has 2 bridgehead atoms. The van der Waals surface area contributed by atoms with Gasteiger partial charge in [-0.2, -0.15) is 5.10 Å². The first-order valence-electron chi connectivity index (χ1n) is 9.92. The molecule has 2 N–H and O–H groups in total. The number of pyridine rings is 1. The Bertz CT molecular complexity index is 1110. The van der Waals surface area contributed by atoms with Gasteiger partial charge in [0.25, 0.3) is 0 Å². The number of aromatic amines is 1. The molecule has 30 heavy (non-hydrogen) atoms. The van der Waals surface area contributed by atoms with Crippen LogP contribution in [0.3, 0.4) is 0 Å². The second-order valence-electron chi connectivity index (χ2n) is 7.91. The van der Waals surface area contributed by atoms with Crippen molar-refractivity contribution in [2.75, 3.05) is 12.4 Å². The molecule has 0 spiro atoms. The molecule has 2 atom stereocenters. The number of hydrogen-bond acceptors (Lipinski definition) is 7. The zero-order valence-corrected chi connectivity index (χ0v) is 17.0. The molecule has 3 fully saturated rings. The summed E-state index contributed by atoms with van der Waals surface area (Å²) < 4.78 is 18.8. The van der Waals surface area contributed by atoms with Crippen molar-refractivity contribution in [1.82, 2.24) is 25.1 Å². The van der Waals surface area contributed by atoms with Gasteiger partial charge in [-0.25, -0.2) is 19.3 Å². The lowest BCUT2D eigenvalue weighted by Crippen LogP contribution is -2.51. The summed E-state index contributed by atoms with van der Waals surface area (Å²) in [6.07, 6.45) is 6.77. The van der Waals surface area contributed by atoms with Crippen LogP contribution in [0.2, 0.25) is 5.02 Å². The van der Waals surface area contributed by atoms with Gasteiger partial charge in [0, 0.05) is 6.04 Å². The second kappa shape index (κ2) is 7.46. The van der Waals surface area contributed by atoms with Crippen LogP contribution in [0, 0.1) is 23.6 Å². The van der Waals surface area contributed by atoms with Gasteiger partial charge in [0.1, 0.15) is 22.4 Å². The van der Waals surface area contributed by atoms with E-state index in [2.05, 4.69) is 30.5 Å². The molecule has 3 saturated carbocycles. The zero-order valence-electron chi connectivity index (χ0n) is 16.2. The van der Waals surface area contributed by atoms with E-state index in [-0.39, 0.29) is 17.9 Å². The molecule has 3 aromatic heterocycles. The molecule has 3 aliphatic carbocycles. The lowest BCUT2D eigenvalue weighted by Gasteiger charge is -2.47. The van der Waals surface area contributed by atoms with Gasteiger partial charge in [-0.3, -0.25) is 9.89 Å². The number of carbonyl (C=O) groups is 1. The number of anilines is 1. The van der Waals surface area contributed by atoms with E-state index in [9.17, 15) is 9.18 Å². The van der Waals surface area contributed by atoms with Crippen molar-refractivity contribution in [3.05, 3.63) is 29.3 Å². The van der Waals surface area contributed by atoms with E-state index in [4.69, 9.17) is 16.3 Å². The van der Waals surface area contributed by atoms with E-state index in [0.717, 1.165) is 31.9 Å². The lowest BCUT2D eigenvalue weighted by atomic mass is 9.61. The Morgan fingerprint density at radius 3 is 2.77 bits per heavy atom. The van der Waals surface area contributed by atoms with Gasteiger partial charge in [-0.15, -0.1) is 0 Å². The number of nitrogens with one attached hydrogen (secondary N) is 2. The summed E-state index contributed by atoms with van der Waals surface area (Å²) in [4.78, 5) is 25.3. The van der Waals surface area contributed by atoms with Crippen molar-refractivity contribution < 1.29 is 13.9 Å². The third kappa shape index (κ3) is 3.17. The van der Waals surface area contributed by atoms with Crippen LogP contribution in [0.4, 0.5) is 10.2 Å². The molecule has 0 unspecified atom stereocenters. The number of ether oxygens (including phenoxy) is 1. The fourth-order valence-electron chi connectivity index (χ4n) is 4.92. The Morgan fingerprint density at radius 2 is 2.00 bits per heavy atom. The van der Waals surface area contributed by atoms with Crippen LogP contribution in [-0.4, -0.2) is 44.3 Å². The fourth-order valence-corrected chi connectivity index (χ4v) is 5.07. The molecule has 0 aromatic carbocycles. The van der Waals surface area contributed by atoms with E-state index in [0.29, 0.717) is 45.2 Å². The number of esters is 1. The topological polar surface area (TPSA) is 106 Å². The van der Waals surface area contributed by atoms with Gasteiger partial charge in [0.2, 0.25) is 0 Å². The predicted molar refractivity (Wildman–Crippen MR) is 108 cm³/mol. The third-order valence-corrected chi connectivity index (χ3v) is 6.62. The minimum absolute atomic E-state index is 0.108. The Hall–Kier alpha value is -2.81. The maximum absolute atomic E-state index is 13.7. The SMILES string of the molecule is COC(=O)[C@@H]1C2CCC(CC2)[C@H]1Nc1nc(-c2[nH]nc3ncc(F)cc23)ncc1Cl. The first-order chi connectivity index (χ1) is 14.5. The van der Waals surface area contributed by atoms with Crippen molar-refractivity contribution in [3.8, 4) is 11.5 Å². The molecule has 10 heteroatoms. The molecule has 3 aliphatic rings. The average Bonchev–Trinajstić information content (AvgIpc) is 3.18. The minimum Gasteiger partial charge on any atom is -0.469 e. The van der Waals surface area contributed by atoms with Crippen molar-refractivity contribution in [2.45, 2.75) is 31.7 Å². The summed E-state index contributed by atoms with van der Waals surface area (Å²) in [5.41, 5.74) is 0.821. The minimum atomic E-state index is -0.475. The predicted octanol–water partition coefficient (Wildman–Crippen LogP) is 3.60. The highest BCUT2D eigenvalue weighted by Gasteiger charge is 2.48. The largest absolute Gasteiger partial charge is 0.469 e. The lowest BCUT2D eigenvalue weighted by molar-refractivity contribution is -0.152. The van der Waals surface area contributed by atoms with Crippen molar-refractivity contribution in [1.29, 1.82) is 0 Å². The summed E-state index contributed by atoms with van der Waals surface area (Å²) in [7, 11) is 1.42. The van der Waals surface area contributed by atoms with Gasteiger partial charge in [-0.05, 0) is 43.6 Å². The normalized spacial score (nSPS) is 25.4. The van der Waals surface area contributed by atoms with E-state index in [1.165, 1.54) is 19.4 Å².